The first-order chi connectivity index (χ1) is 9.90. The zero-order valence-corrected chi connectivity index (χ0v) is 12.1. The van der Waals surface area contributed by atoms with Crippen LogP contribution in [0.5, 0.6) is 0 Å². The molecule has 0 saturated carbocycles. The van der Waals surface area contributed by atoms with Crippen LogP contribution in [-0.4, -0.2) is 28.0 Å². The van der Waals surface area contributed by atoms with Crippen molar-refractivity contribution in [3.8, 4) is 0 Å². The minimum atomic E-state index is -4.49. The molecule has 3 N–H and O–H groups in total. The van der Waals surface area contributed by atoms with Gasteiger partial charge in [0.15, 0.2) is 0 Å². The standard InChI is InChI=1S/C13H16F3N3OS/c1-2-8-6-17-4-3-9(8)7-21-12-18-10(13(14,15)16)5-11(20)19-12/h3-6,11-12,18-20H,2,7H2,1H3. The Bertz CT molecular complexity index is 522. The molecule has 0 saturated heterocycles. The van der Waals surface area contributed by atoms with Crippen LogP contribution in [0.1, 0.15) is 18.1 Å². The Hall–Kier alpha value is -1.25. The minimum Gasteiger partial charge on any atom is -0.375 e. The lowest BCUT2D eigenvalue weighted by molar-refractivity contribution is -0.100. The number of aliphatic hydroxyl groups is 1. The highest BCUT2D eigenvalue weighted by Crippen LogP contribution is 2.28. The van der Waals surface area contributed by atoms with Gasteiger partial charge in [0.05, 0.1) is 0 Å². The van der Waals surface area contributed by atoms with Crippen molar-refractivity contribution in [3.05, 3.63) is 41.4 Å². The summed E-state index contributed by atoms with van der Waals surface area (Å²) in [7, 11) is 0. The van der Waals surface area contributed by atoms with Crippen molar-refractivity contribution in [2.75, 3.05) is 0 Å². The minimum absolute atomic E-state index is 0.522. The first-order valence-corrected chi connectivity index (χ1v) is 7.48. The predicted octanol–water partition coefficient (Wildman–Crippen LogP) is 2.12. The monoisotopic (exact) mass is 319 g/mol. The van der Waals surface area contributed by atoms with Crippen molar-refractivity contribution in [1.82, 2.24) is 15.6 Å². The molecule has 1 aliphatic heterocycles. The average Bonchev–Trinajstić information content (AvgIpc) is 2.44. The third kappa shape index (κ3) is 4.36. The lowest BCUT2D eigenvalue weighted by atomic mass is 10.1. The fourth-order valence-corrected chi connectivity index (χ4v) is 3.02. The molecule has 0 fully saturated rings. The molecule has 2 unspecified atom stereocenters. The lowest BCUT2D eigenvalue weighted by Crippen LogP contribution is -2.51. The SMILES string of the molecule is CCc1cnccc1CSC1NC(C(F)(F)F)=CC(O)N1. The van der Waals surface area contributed by atoms with Gasteiger partial charge in [-0.1, -0.05) is 6.92 Å². The summed E-state index contributed by atoms with van der Waals surface area (Å²) in [5.41, 5.74) is 0.461. The second kappa shape index (κ2) is 6.67. The maximum absolute atomic E-state index is 12.7. The van der Waals surface area contributed by atoms with Gasteiger partial charge in [-0.25, -0.2) is 0 Å². The zero-order valence-electron chi connectivity index (χ0n) is 11.3. The van der Waals surface area contributed by atoms with Gasteiger partial charge in [0.2, 0.25) is 0 Å². The fourth-order valence-electron chi connectivity index (χ4n) is 1.95. The van der Waals surface area contributed by atoms with E-state index in [2.05, 4.69) is 15.6 Å². The molecular formula is C13H16F3N3OS. The van der Waals surface area contributed by atoms with E-state index in [1.165, 1.54) is 11.8 Å². The maximum atomic E-state index is 12.7. The third-order valence-electron chi connectivity index (χ3n) is 3.03. The van der Waals surface area contributed by atoms with E-state index < -0.39 is 23.6 Å². The lowest BCUT2D eigenvalue weighted by Gasteiger charge is -2.30. The summed E-state index contributed by atoms with van der Waals surface area (Å²) < 4.78 is 38.0. The molecular weight excluding hydrogens is 303 g/mol. The van der Waals surface area contributed by atoms with Crippen molar-refractivity contribution in [2.24, 2.45) is 0 Å². The van der Waals surface area contributed by atoms with Gasteiger partial charge in [0.25, 0.3) is 0 Å². The molecule has 21 heavy (non-hydrogen) atoms. The normalized spacial score (nSPS) is 22.6. The number of pyridine rings is 1. The Morgan fingerprint density at radius 3 is 2.81 bits per heavy atom. The Labute approximate surface area is 124 Å². The Kier molecular flexibility index (Phi) is 5.13. The van der Waals surface area contributed by atoms with Crippen LogP contribution in [0.25, 0.3) is 0 Å². The van der Waals surface area contributed by atoms with Crippen molar-refractivity contribution in [1.29, 1.82) is 0 Å². The number of aryl methyl sites for hydroxylation is 1. The topological polar surface area (TPSA) is 57.2 Å². The fraction of sp³-hybridized carbons (Fsp3) is 0.462. The van der Waals surface area contributed by atoms with Crippen LogP contribution in [0.4, 0.5) is 13.2 Å². The van der Waals surface area contributed by atoms with E-state index in [-0.39, 0.29) is 0 Å². The molecule has 2 atom stereocenters. The summed E-state index contributed by atoms with van der Waals surface area (Å²) in [4.78, 5) is 4.03. The average molecular weight is 319 g/mol. The molecule has 1 aromatic rings. The van der Waals surface area contributed by atoms with Gasteiger partial charge in [-0.3, -0.25) is 10.3 Å². The van der Waals surface area contributed by atoms with Crippen LogP contribution in [0, 0.1) is 0 Å². The number of thioether (sulfide) groups is 1. The summed E-state index contributed by atoms with van der Waals surface area (Å²) in [6.45, 7) is 2.00. The molecule has 4 nitrogen and oxygen atoms in total. The van der Waals surface area contributed by atoms with E-state index in [1.807, 2.05) is 13.0 Å². The van der Waals surface area contributed by atoms with Crippen LogP contribution in [-0.2, 0) is 12.2 Å². The van der Waals surface area contributed by atoms with Crippen LogP contribution < -0.4 is 10.6 Å². The molecule has 2 heterocycles. The molecule has 2 rings (SSSR count). The number of hydrogen-bond donors (Lipinski definition) is 3. The number of hydrogen-bond acceptors (Lipinski definition) is 5. The number of allylic oxidation sites excluding steroid dienone is 1. The number of halogens is 3. The molecule has 0 bridgehead atoms. The molecule has 1 aromatic heterocycles. The largest absolute Gasteiger partial charge is 0.430 e. The Morgan fingerprint density at radius 2 is 2.14 bits per heavy atom. The van der Waals surface area contributed by atoms with Crippen molar-refractivity contribution >= 4 is 11.8 Å². The molecule has 1 aliphatic rings. The second-order valence-electron chi connectivity index (χ2n) is 4.52. The number of aromatic nitrogens is 1. The summed E-state index contributed by atoms with van der Waals surface area (Å²) >= 11 is 1.25. The van der Waals surface area contributed by atoms with E-state index in [4.69, 9.17) is 0 Å². The summed E-state index contributed by atoms with van der Waals surface area (Å²) in [6, 6.07) is 1.85. The first-order valence-electron chi connectivity index (χ1n) is 6.43. The molecule has 116 valence electrons. The first kappa shape index (κ1) is 16.1. The molecule has 8 heteroatoms. The van der Waals surface area contributed by atoms with Gasteiger partial charge in [0, 0.05) is 18.1 Å². The van der Waals surface area contributed by atoms with Crippen molar-refractivity contribution < 1.29 is 18.3 Å². The number of alkyl halides is 3. The number of rotatable bonds is 4. The summed E-state index contributed by atoms with van der Waals surface area (Å²) in [5, 5.41) is 14.4. The Morgan fingerprint density at radius 1 is 1.38 bits per heavy atom. The van der Waals surface area contributed by atoms with Crippen molar-refractivity contribution in [3.63, 3.8) is 0 Å². The summed E-state index contributed by atoms with van der Waals surface area (Å²) in [5.74, 6) is 0.522. The van der Waals surface area contributed by atoms with Gasteiger partial charge in [-0.15, -0.1) is 11.8 Å². The smallest absolute Gasteiger partial charge is 0.375 e. The molecule has 0 aliphatic carbocycles. The van der Waals surface area contributed by atoms with E-state index in [0.717, 1.165) is 23.6 Å². The van der Waals surface area contributed by atoms with Crippen molar-refractivity contribution in [2.45, 2.75) is 37.0 Å². The Balaban J connectivity index is 2.00. The van der Waals surface area contributed by atoms with Crippen LogP contribution in [0.2, 0.25) is 0 Å². The quantitative estimate of drug-likeness (QED) is 0.794. The molecule has 0 aromatic carbocycles. The number of aliphatic hydroxyl groups excluding tert-OH is 1. The van der Waals surface area contributed by atoms with E-state index >= 15 is 0 Å². The zero-order chi connectivity index (χ0) is 15.5. The van der Waals surface area contributed by atoms with Crippen LogP contribution in [0.3, 0.4) is 0 Å². The van der Waals surface area contributed by atoms with Gasteiger partial charge in [-0.05, 0) is 29.7 Å². The highest BCUT2D eigenvalue weighted by Gasteiger charge is 2.38. The van der Waals surface area contributed by atoms with Gasteiger partial charge in [0.1, 0.15) is 17.4 Å². The summed E-state index contributed by atoms with van der Waals surface area (Å²) in [6.07, 6.45) is -0.858. The number of nitrogens with zero attached hydrogens (tertiary/aromatic N) is 1. The predicted molar refractivity (Wildman–Crippen MR) is 75.1 cm³/mol. The van der Waals surface area contributed by atoms with Crippen LogP contribution in [0.15, 0.2) is 30.2 Å². The number of nitrogens with one attached hydrogen (secondary N) is 2. The molecule has 0 amide bonds. The van der Waals surface area contributed by atoms with Gasteiger partial charge >= 0.3 is 6.18 Å². The van der Waals surface area contributed by atoms with Gasteiger partial charge in [-0.2, -0.15) is 13.2 Å². The highest BCUT2D eigenvalue weighted by molar-refractivity contribution is 7.99. The van der Waals surface area contributed by atoms with E-state index in [9.17, 15) is 18.3 Å². The third-order valence-corrected chi connectivity index (χ3v) is 4.09. The van der Waals surface area contributed by atoms with E-state index in [1.54, 1.807) is 12.4 Å². The van der Waals surface area contributed by atoms with Crippen LogP contribution >= 0.6 is 11.8 Å². The second-order valence-corrected chi connectivity index (χ2v) is 5.62. The van der Waals surface area contributed by atoms with E-state index in [0.29, 0.717) is 5.75 Å². The molecule has 0 spiro atoms. The highest BCUT2D eigenvalue weighted by atomic mass is 32.2. The maximum Gasteiger partial charge on any atom is 0.430 e. The van der Waals surface area contributed by atoms with Gasteiger partial charge < -0.3 is 10.4 Å². The molecule has 0 radical (unpaired) electrons.